The highest BCUT2D eigenvalue weighted by Gasteiger charge is 2.27. The Labute approximate surface area is 182 Å². The second-order valence-corrected chi connectivity index (χ2v) is 9.85. The fourth-order valence-electron chi connectivity index (χ4n) is 4.59. The van der Waals surface area contributed by atoms with Gasteiger partial charge in [0.2, 0.25) is 5.91 Å². The highest BCUT2D eigenvalue weighted by atomic mass is 16.2. The van der Waals surface area contributed by atoms with Crippen LogP contribution in [0.3, 0.4) is 0 Å². The summed E-state index contributed by atoms with van der Waals surface area (Å²) in [7, 11) is 0. The Morgan fingerprint density at radius 3 is 2.17 bits per heavy atom. The molecule has 1 heterocycles. The lowest BCUT2D eigenvalue weighted by Gasteiger charge is -2.33. The molecule has 1 aliphatic heterocycles. The smallest absolute Gasteiger partial charge is 0.254 e. The van der Waals surface area contributed by atoms with Gasteiger partial charge in [-0.2, -0.15) is 0 Å². The maximum absolute atomic E-state index is 13.5. The minimum Gasteiger partial charge on any atom is -0.340 e. The van der Waals surface area contributed by atoms with Crippen molar-refractivity contribution in [3.63, 3.8) is 0 Å². The number of hydrogen-bond donors (Lipinski definition) is 1. The predicted molar refractivity (Wildman–Crippen MR) is 122 cm³/mol. The maximum Gasteiger partial charge on any atom is 0.254 e. The molecular weight excluding hydrogens is 374 g/mol. The molecular formula is C25H39N3O2. The molecule has 1 saturated carbocycles. The molecule has 1 aromatic carbocycles. The summed E-state index contributed by atoms with van der Waals surface area (Å²) in [6, 6.07) is 8.32. The third-order valence-corrected chi connectivity index (χ3v) is 6.56. The molecule has 2 fully saturated rings. The topological polar surface area (TPSA) is 52.7 Å². The van der Waals surface area contributed by atoms with Crippen molar-refractivity contribution < 1.29 is 9.59 Å². The predicted octanol–water partition coefficient (Wildman–Crippen LogP) is 3.97. The molecule has 166 valence electrons. The number of nitrogens with one attached hydrogen (secondary N) is 1. The van der Waals surface area contributed by atoms with E-state index in [1.165, 1.54) is 31.2 Å². The second-order valence-electron chi connectivity index (χ2n) is 9.85. The molecule has 3 rings (SSSR count). The SMILES string of the molecule is CC(C)(C)c1ccc(C(=O)N(CCC(=O)N2CCNCC2)C2CCCCCC2)cc1. The van der Waals surface area contributed by atoms with E-state index in [-0.39, 0.29) is 23.3 Å². The Morgan fingerprint density at radius 1 is 1.00 bits per heavy atom. The summed E-state index contributed by atoms with van der Waals surface area (Å²) in [5.41, 5.74) is 2.04. The van der Waals surface area contributed by atoms with Crippen LogP contribution in [-0.2, 0) is 10.2 Å². The average molecular weight is 414 g/mol. The lowest BCUT2D eigenvalue weighted by Crippen LogP contribution is -2.48. The lowest BCUT2D eigenvalue weighted by atomic mass is 9.86. The van der Waals surface area contributed by atoms with E-state index in [9.17, 15) is 9.59 Å². The number of nitrogens with zero attached hydrogens (tertiary/aromatic N) is 2. The molecule has 0 atom stereocenters. The summed E-state index contributed by atoms with van der Waals surface area (Å²) in [6.45, 7) is 10.3. The number of amides is 2. The van der Waals surface area contributed by atoms with Gasteiger partial charge in [-0.05, 0) is 36.0 Å². The number of piperazine rings is 1. The third kappa shape index (κ3) is 6.07. The van der Waals surface area contributed by atoms with Gasteiger partial charge in [-0.1, -0.05) is 58.6 Å². The van der Waals surface area contributed by atoms with Crippen LogP contribution in [0.25, 0.3) is 0 Å². The zero-order chi connectivity index (χ0) is 21.6. The van der Waals surface area contributed by atoms with Crippen LogP contribution in [0.5, 0.6) is 0 Å². The Kier molecular flexibility index (Phi) is 7.93. The van der Waals surface area contributed by atoms with Crippen molar-refractivity contribution in [1.29, 1.82) is 0 Å². The van der Waals surface area contributed by atoms with Crippen LogP contribution in [-0.4, -0.2) is 60.4 Å². The summed E-state index contributed by atoms with van der Waals surface area (Å²) >= 11 is 0. The third-order valence-electron chi connectivity index (χ3n) is 6.56. The lowest BCUT2D eigenvalue weighted by molar-refractivity contribution is -0.132. The summed E-state index contributed by atoms with van der Waals surface area (Å²) in [5, 5.41) is 3.29. The van der Waals surface area contributed by atoms with Gasteiger partial charge in [-0.15, -0.1) is 0 Å². The molecule has 0 bridgehead atoms. The number of carbonyl (C=O) groups excluding carboxylic acids is 2. The number of rotatable bonds is 5. The first-order valence-corrected chi connectivity index (χ1v) is 11.8. The molecule has 0 spiro atoms. The van der Waals surface area contributed by atoms with E-state index in [0.717, 1.165) is 44.6 Å². The Morgan fingerprint density at radius 2 is 1.60 bits per heavy atom. The molecule has 0 aromatic heterocycles. The van der Waals surface area contributed by atoms with Crippen LogP contribution in [0.1, 0.15) is 81.6 Å². The molecule has 0 unspecified atom stereocenters. The van der Waals surface area contributed by atoms with Crippen molar-refractivity contribution in [1.82, 2.24) is 15.1 Å². The minimum absolute atomic E-state index is 0.0677. The summed E-state index contributed by atoms with van der Waals surface area (Å²) in [5.74, 6) is 0.251. The van der Waals surface area contributed by atoms with E-state index in [1.807, 2.05) is 21.9 Å². The van der Waals surface area contributed by atoms with E-state index in [0.29, 0.717) is 13.0 Å². The van der Waals surface area contributed by atoms with Gasteiger partial charge in [0.25, 0.3) is 5.91 Å². The van der Waals surface area contributed by atoms with Gasteiger partial charge in [0.15, 0.2) is 0 Å². The van der Waals surface area contributed by atoms with Crippen LogP contribution in [0.4, 0.5) is 0 Å². The van der Waals surface area contributed by atoms with Crippen molar-refractivity contribution in [2.24, 2.45) is 0 Å². The van der Waals surface area contributed by atoms with E-state index >= 15 is 0 Å². The molecule has 5 nitrogen and oxygen atoms in total. The standard InChI is InChI=1S/C25H39N3O2/c1-25(2,3)21-12-10-20(11-13-21)24(30)28(22-8-6-4-5-7-9-22)17-14-23(29)27-18-15-26-16-19-27/h10-13,22,26H,4-9,14-19H2,1-3H3. The van der Waals surface area contributed by atoms with Gasteiger partial charge in [0.1, 0.15) is 0 Å². The molecule has 30 heavy (non-hydrogen) atoms. The number of benzene rings is 1. The van der Waals surface area contributed by atoms with Crippen molar-refractivity contribution in [2.75, 3.05) is 32.7 Å². The average Bonchev–Trinajstić information content (AvgIpc) is 3.03. The monoisotopic (exact) mass is 413 g/mol. The highest BCUT2D eigenvalue weighted by molar-refractivity contribution is 5.94. The first-order valence-electron chi connectivity index (χ1n) is 11.8. The van der Waals surface area contributed by atoms with Gasteiger partial charge in [0.05, 0.1) is 0 Å². The van der Waals surface area contributed by atoms with Gasteiger partial charge < -0.3 is 15.1 Å². The molecule has 5 heteroatoms. The number of hydrogen-bond acceptors (Lipinski definition) is 3. The van der Waals surface area contributed by atoms with Gasteiger partial charge >= 0.3 is 0 Å². The highest BCUT2D eigenvalue weighted by Crippen LogP contribution is 2.26. The molecule has 2 amide bonds. The van der Waals surface area contributed by atoms with E-state index in [4.69, 9.17) is 0 Å². The fourth-order valence-corrected chi connectivity index (χ4v) is 4.59. The molecule has 1 aromatic rings. The zero-order valence-corrected chi connectivity index (χ0v) is 19.1. The fraction of sp³-hybridized carbons (Fsp3) is 0.680. The first-order chi connectivity index (χ1) is 14.4. The van der Waals surface area contributed by atoms with Crippen LogP contribution >= 0.6 is 0 Å². The van der Waals surface area contributed by atoms with Crippen LogP contribution < -0.4 is 5.32 Å². The van der Waals surface area contributed by atoms with Gasteiger partial charge in [-0.3, -0.25) is 9.59 Å². The van der Waals surface area contributed by atoms with E-state index in [2.05, 4.69) is 38.2 Å². The Hall–Kier alpha value is -1.88. The van der Waals surface area contributed by atoms with Crippen LogP contribution in [0.15, 0.2) is 24.3 Å². The van der Waals surface area contributed by atoms with E-state index in [1.54, 1.807) is 0 Å². The summed E-state index contributed by atoms with van der Waals surface area (Å²) in [4.78, 5) is 30.2. The zero-order valence-electron chi connectivity index (χ0n) is 19.1. The van der Waals surface area contributed by atoms with Gasteiger partial charge in [0, 0.05) is 50.7 Å². The van der Waals surface area contributed by atoms with Crippen LogP contribution in [0.2, 0.25) is 0 Å². The Bertz CT molecular complexity index is 694. The van der Waals surface area contributed by atoms with Crippen molar-refractivity contribution >= 4 is 11.8 Å². The molecule has 0 radical (unpaired) electrons. The largest absolute Gasteiger partial charge is 0.340 e. The molecule has 2 aliphatic rings. The summed E-state index contributed by atoms with van der Waals surface area (Å²) < 4.78 is 0. The molecule has 1 aliphatic carbocycles. The minimum atomic E-state index is 0.0677. The van der Waals surface area contributed by atoms with Crippen molar-refractivity contribution in [2.45, 2.75) is 77.2 Å². The maximum atomic E-state index is 13.5. The van der Waals surface area contributed by atoms with Crippen molar-refractivity contribution in [3.8, 4) is 0 Å². The number of carbonyl (C=O) groups is 2. The van der Waals surface area contributed by atoms with E-state index < -0.39 is 0 Å². The normalized spacial score (nSPS) is 18.7. The molecule has 1 saturated heterocycles. The molecule has 1 N–H and O–H groups in total. The summed E-state index contributed by atoms with van der Waals surface area (Å²) in [6.07, 6.45) is 7.35. The second kappa shape index (κ2) is 10.4. The Balaban J connectivity index is 1.72. The van der Waals surface area contributed by atoms with Crippen LogP contribution in [0, 0.1) is 0 Å². The quantitative estimate of drug-likeness (QED) is 0.743. The van der Waals surface area contributed by atoms with Crippen molar-refractivity contribution in [3.05, 3.63) is 35.4 Å². The van der Waals surface area contributed by atoms with Gasteiger partial charge in [-0.25, -0.2) is 0 Å². The first kappa shape index (κ1) is 22.8.